The predicted octanol–water partition coefficient (Wildman–Crippen LogP) is 3.97. The summed E-state index contributed by atoms with van der Waals surface area (Å²) in [5, 5.41) is 2.92. The van der Waals surface area contributed by atoms with Crippen LogP contribution in [0.4, 0.5) is 5.69 Å². The van der Waals surface area contributed by atoms with E-state index < -0.39 is 0 Å². The number of rotatable bonds is 4. The highest BCUT2D eigenvalue weighted by Gasteiger charge is 2.00. The van der Waals surface area contributed by atoms with Gasteiger partial charge in [-0.15, -0.1) is 4.91 Å². The van der Waals surface area contributed by atoms with Crippen molar-refractivity contribution < 1.29 is 4.74 Å². The van der Waals surface area contributed by atoms with Crippen LogP contribution >= 0.6 is 0 Å². The fraction of sp³-hybridized carbons (Fsp3) is 0.143. The van der Waals surface area contributed by atoms with Crippen LogP contribution in [0.3, 0.4) is 0 Å². The molecule has 86 valence electrons. The Morgan fingerprint density at radius 3 is 2.59 bits per heavy atom. The van der Waals surface area contributed by atoms with Gasteiger partial charge in [-0.2, -0.15) is 0 Å². The highest BCUT2D eigenvalue weighted by Crippen LogP contribution is 2.23. The molecule has 2 aromatic rings. The molecule has 3 nitrogen and oxygen atoms in total. The van der Waals surface area contributed by atoms with E-state index in [1.807, 2.05) is 43.3 Å². The van der Waals surface area contributed by atoms with Crippen LogP contribution in [0.5, 0.6) is 5.75 Å². The van der Waals surface area contributed by atoms with E-state index in [2.05, 4.69) is 5.18 Å². The summed E-state index contributed by atoms with van der Waals surface area (Å²) in [6, 6.07) is 15.1. The number of nitroso groups, excluding NO2 is 1. The molecule has 0 N–H and O–H groups in total. The summed E-state index contributed by atoms with van der Waals surface area (Å²) >= 11 is 0. The third kappa shape index (κ3) is 3.14. The second kappa shape index (κ2) is 5.25. The van der Waals surface area contributed by atoms with Crippen LogP contribution in [0, 0.1) is 11.8 Å². The minimum Gasteiger partial charge on any atom is -0.489 e. The van der Waals surface area contributed by atoms with Gasteiger partial charge in [-0.3, -0.25) is 0 Å². The molecule has 0 saturated heterocycles. The molecule has 0 bridgehead atoms. The van der Waals surface area contributed by atoms with E-state index in [1.165, 1.54) is 0 Å². The molecule has 0 fully saturated rings. The van der Waals surface area contributed by atoms with Crippen LogP contribution in [0.2, 0.25) is 0 Å². The molecule has 0 amide bonds. The molecule has 17 heavy (non-hydrogen) atoms. The normalized spacial score (nSPS) is 9.94. The van der Waals surface area contributed by atoms with Crippen LogP contribution in [-0.4, -0.2) is 0 Å². The molecule has 0 spiro atoms. The van der Waals surface area contributed by atoms with Gasteiger partial charge in [0, 0.05) is 6.07 Å². The van der Waals surface area contributed by atoms with Crippen molar-refractivity contribution in [1.82, 2.24) is 0 Å². The van der Waals surface area contributed by atoms with Gasteiger partial charge in [0.25, 0.3) is 0 Å². The molecule has 0 radical (unpaired) electrons. The maximum atomic E-state index is 10.5. The van der Waals surface area contributed by atoms with E-state index in [1.54, 1.807) is 12.1 Å². The number of hydrogen-bond acceptors (Lipinski definition) is 3. The molecular formula is C14H13NO2. The average Bonchev–Trinajstić information content (AvgIpc) is 2.37. The number of aryl methyl sites for hydroxylation is 1. The standard InChI is InChI=1S/C14H13NO2/c1-11-7-13(15-16)9-14(8-11)17-10-12-5-3-2-4-6-12/h2-9H,10H2,1H3. The first-order chi connectivity index (χ1) is 8.28. The fourth-order valence-electron chi connectivity index (χ4n) is 1.61. The minimum atomic E-state index is 0.396. The average molecular weight is 227 g/mol. The zero-order valence-corrected chi connectivity index (χ0v) is 9.59. The molecule has 2 rings (SSSR count). The fourth-order valence-corrected chi connectivity index (χ4v) is 1.61. The van der Waals surface area contributed by atoms with E-state index in [0.29, 0.717) is 18.0 Å². The topological polar surface area (TPSA) is 38.7 Å². The Morgan fingerprint density at radius 1 is 1.12 bits per heavy atom. The van der Waals surface area contributed by atoms with Crippen molar-refractivity contribution in [1.29, 1.82) is 0 Å². The van der Waals surface area contributed by atoms with E-state index in [4.69, 9.17) is 4.74 Å². The Kier molecular flexibility index (Phi) is 3.50. The molecule has 0 aromatic heterocycles. The first kappa shape index (κ1) is 11.3. The largest absolute Gasteiger partial charge is 0.489 e. The molecule has 0 heterocycles. The van der Waals surface area contributed by atoms with Gasteiger partial charge in [-0.05, 0) is 35.4 Å². The third-order valence-corrected chi connectivity index (χ3v) is 2.39. The molecule has 0 aliphatic rings. The molecule has 0 aliphatic carbocycles. The Hall–Kier alpha value is -2.16. The van der Waals surface area contributed by atoms with Crippen LogP contribution in [0.15, 0.2) is 53.7 Å². The van der Waals surface area contributed by atoms with Crippen molar-refractivity contribution in [2.75, 3.05) is 0 Å². The summed E-state index contributed by atoms with van der Waals surface area (Å²) in [5.74, 6) is 0.670. The van der Waals surface area contributed by atoms with Gasteiger partial charge in [-0.25, -0.2) is 0 Å². The van der Waals surface area contributed by atoms with Crippen molar-refractivity contribution in [2.45, 2.75) is 13.5 Å². The smallest absolute Gasteiger partial charge is 0.122 e. The van der Waals surface area contributed by atoms with Gasteiger partial charge >= 0.3 is 0 Å². The lowest BCUT2D eigenvalue weighted by molar-refractivity contribution is 0.306. The molecule has 3 heteroatoms. The summed E-state index contributed by atoms with van der Waals surface area (Å²) < 4.78 is 5.62. The summed E-state index contributed by atoms with van der Waals surface area (Å²) in [6.45, 7) is 2.40. The minimum absolute atomic E-state index is 0.396. The predicted molar refractivity (Wildman–Crippen MR) is 67.4 cm³/mol. The lowest BCUT2D eigenvalue weighted by Crippen LogP contribution is -1.95. The van der Waals surface area contributed by atoms with Crippen molar-refractivity contribution in [2.24, 2.45) is 5.18 Å². The Bertz CT molecular complexity index is 509. The summed E-state index contributed by atoms with van der Waals surface area (Å²) in [5.41, 5.74) is 2.45. The van der Waals surface area contributed by atoms with Gasteiger partial charge < -0.3 is 4.74 Å². The van der Waals surface area contributed by atoms with Crippen molar-refractivity contribution in [3.63, 3.8) is 0 Å². The third-order valence-electron chi connectivity index (χ3n) is 2.39. The van der Waals surface area contributed by atoms with Gasteiger partial charge in [0.05, 0.1) is 0 Å². The van der Waals surface area contributed by atoms with Crippen LogP contribution in [-0.2, 0) is 6.61 Å². The van der Waals surface area contributed by atoms with E-state index >= 15 is 0 Å². The zero-order valence-electron chi connectivity index (χ0n) is 9.59. The maximum absolute atomic E-state index is 10.5. The highest BCUT2D eigenvalue weighted by molar-refractivity contribution is 5.46. The Morgan fingerprint density at radius 2 is 1.88 bits per heavy atom. The quantitative estimate of drug-likeness (QED) is 0.741. The van der Waals surface area contributed by atoms with Crippen LogP contribution < -0.4 is 4.74 Å². The monoisotopic (exact) mass is 227 g/mol. The maximum Gasteiger partial charge on any atom is 0.122 e. The van der Waals surface area contributed by atoms with Gasteiger partial charge in [0.15, 0.2) is 0 Å². The number of benzene rings is 2. The molecule has 0 atom stereocenters. The molecule has 0 aliphatic heterocycles. The van der Waals surface area contributed by atoms with Crippen molar-refractivity contribution in [3.05, 3.63) is 64.6 Å². The van der Waals surface area contributed by atoms with Crippen molar-refractivity contribution >= 4 is 5.69 Å². The number of ether oxygens (including phenoxy) is 1. The van der Waals surface area contributed by atoms with Crippen molar-refractivity contribution in [3.8, 4) is 5.75 Å². The van der Waals surface area contributed by atoms with Crippen LogP contribution in [0.25, 0.3) is 0 Å². The lowest BCUT2D eigenvalue weighted by Gasteiger charge is -2.07. The van der Waals surface area contributed by atoms with E-state index in [9.17, 15) is 4.91 Å². The molecule has 0 saturated carbocycles. The summed E-state index contributed by atoms with van der Waals surface area (Å²) in [7, 11) is 0. The first-order valence-corrected chi connectivity index (χ1v) is 5.40. The highest BCUT2D eigenvalue weighted by atomic mass is 16.5. The number of nitrogens with zero attached hydrogens (tertiary/aromatic N) is 1. The summed E-state index contributed by atoms with van der Waals surface area (Å²) in [6.07, 6.45) is 0. The van der Waals surface area contributed by atoms with Gasteiger partial charge in [0.2, 0.25) is 0 Å². The zero-order chi connectivity index (χ0) is 12.1. The second-order valence-electron chi connectivity index (χ2n) is 3.87. The van der Waals surface area contributed by atoms with E-state index in [0.717, 1.165) is 11.1 Å². The first-order valence-electron chi connectivity index (χ1n) is 5.40. The van der Waals surface area contributed by atoms with Crippen LogP contribution in [0.1, 0.15) is 11.1 Å². The SMILES string of the molecule is Cc1cc(N=O)cc(OCc2ccccc2)c1. The van der Waals surface area contributed by atoms with E-state index in [-0.39, 0.29) is 0 Å². The molecule has 2 aromatic carbocycles. The Balaban J connectivity index is 2.09. The number of hydrogen-bond donors (Lipinski definition) is 0. The summed E-state index contributed by atoms with van der Waals surface area (Å²) in [4.78, 5) is 10.5. The Labute approximate surface area is 100 Å². The second-order valence-corrected chi connectivity index (χ2v) is 3.87. The lowest BCUT2D eigenvalue weighted by atomic mass is 10.2. The van der Waals surface area contributed by atoms with Gasteiger partial charge in [0.1, 0.15) is 18.0 Å². The molecule has 0 unspecified atom stereocenters. The van der Waals surface area contributed by atoms with Gasteiger partial charge in [-0.1, -0.05) is 30.3 Å². The molecular weight excluding hydrogens is 214 g/mol.